The van der Waals surface area contributed by atoms with Gasteiger partial charge < -0.3 is 9.88 Å². The highest BCUT2D eigenvalue weighted by Gasteiger charge is 2.36. The number of nitrogens with one attached hydrogen (secondary N) is 1. The molecule has 1 saturated heterocycles. The zero-order valence-corrected chi connectivity index (χ0v) is 12.0. The predicted octanol–water partition coefficient (Wildman–Crippen LogP) is 2.25. The van der Waals surface area contributed by atoms with Crippen LogP contribution in [0, 0.1) is 5.92 Å². The van der Waals surface area contributed by atoms with Crippen LogP contribution in [-0.2, 0) is 12.5 Å². The summed E-state index contributed by atoms with van der Waals surface area (Å²) in [5, 5.41) is 3.51. The molecule has 3 heterocycles. The summed E-state index contributed by atoms with van der Waals surface area (Å²) in [6, 6.07) is 4.07. The molecule has 2 aromatic heterocycles. The molecule has 0 aromatic carbocycles. The molecule has 1 atom stereocenters. The highest BCUT2D eigenvalue weighted by atomic mass is 15.1. The highest BCUT2D eigenvalue weighted by molar-refractivity contribution is 5.71. The van der Waals surface area contributed by atoms with E-state index in [9.17, 15) is 0 Å². The van der Waals surface area contributed by atoms with Crippen LogP contribution in [0.5, 0.6) is 0 Å². The summed E-state index contributed by atoms with van der Waals surface area (Å²) >= 11 is 0. The number of fused-ring (bicyclic) bond motifs is 1. The van der Waals surface area contributed by atoms with E-state index in [1.165, 1.54) is 12.8 Å². The van der Waals surface area contributed by atoms with Gasteiger partial charge >= 0.3 is 0 Å². The Morgan fingerprint density at radius 3 is 2.95 bits per heavy atom. The Kier molecular flexibility index (Phi) is 3.05. The van der Waals surface area contributed by atoms with Crippen molar-refractivity contribution in [1.29, 1.82) is 0 Å². The van der Waals surface area contributed by atoms with E-state index in [-0.39, 0.29) is 5.41 Å². The van der Waals surface area contributed by atoms with Gasteiger partial charge in [0.15, 0.2) is 5.65 Å². The molecule has 0 spiro atoms. The fourth-order valence-corrected chi connectivity index (χ4v) is 3.25. The fourth-order valence-electron chi connectivity index (χ4n) is 3.25. The summed E-state index contributed by atoms with van der Waals surface area (Å²) in [5.41, 5.74) is 2.05. The maximum atomic E-state index is 4.78. The SMILES string of the molecule is Cn1c(C(C)(C)C2CCCNC2)nc2ncccc21. The van der Waals surface area contributed by atoms with Crippen LogP contribution in [0.2, 0.25) is 0 Å². The van der Waals surface area contributed by atoms with Crippen molar-refractivity contribution in [2.45, 2.75) is 32.1 Å². The quantitative estimate of drug-likeness (QED) is 0.898. The molecule has 0 aliphatic carbocycles. The molecule has 0 saturated carbocycles. The lowest BCUT2D eigenvalue weighted by molar-refractivity contribution is 0.238. The monoisotopic (exact) mass is 258 g/mol. The van der Waals surface area contributed by atoms with Gasteiger partial charge in [0.05, 0.1) is 5.52 Å². The van der Waals surface area contributed by atoms with Crippen LogP contribution in [0.4, 0.5) is 0 Å². The number of hydrogen-bond donors (Lipinski definition) is 1. The number of rotatable bonds is 2. The van der Waals surface area contributed by atoms with E-state index in [1.807, 2.05) is 12.3 Å². The molecular formula is C15H22N4. The Bertz CT molecular complexity index is 579. The number of aryl methyl sites for hydroxylation is 1. The third kappa shape index (κ3) is 2.04. The molecular weight excluding hydrogens is 236 g/mol. The molecule has 0 amide bonds. The van der Waals surface area contributed by atoms with E-state index >= 15 is 0 Å². The molecule has 102 valence electrons. The van der Waals surface area contributed by atoms with Gasteiger partial charge in [-0.3, -0.25) is 0 Å². The molecule has 4 nitrogen and oxygen atoms in total. The van der Waals surface area contributed by atoms with Crippen LogP contribution in [0.3, 0.4) is 0 Å². The molecule has 3 rings (SSSR count). The van der Waals surface area contributed by atoms with Gasteiger partial charge in [0.2, 0.25) is 0 Å². The molecule has 1 aliphatic heterocycles. The summed E-state index contributed by atoms with van der Waals surface area (Å²) in [4.78, 5) is 9.16. The Morgan fingerprint density at radius 2 is 2.26 bits per heavy atom. The smallest absolute Gasteiger partial charge is 0.177 e. The number of imidazole rings is 1. The van der Waals surface area contributed by atoms with Crippen molar-refractivity contribution in [2.75, 3.05) is 13.1 Å². The molecule has 0 bridgehead atoms. The standard InChI is InChI=1S/C15H22N4/c1-15(2,11-6-4-8-16-10-11)14-18-13-12(19(14)3)7-5-9-17-13/h5,7,9,11,16H,4,6,8,10H2,1-3H3. The van der Waals surface area contributed by atoms with Crippen molar-refractivity contribution in [3.05, 3.63) is 24.2 Å². The molecule has 1 aliphatic rings. The summed E-state index contributed by atoms with van der Waals surface area (Å²) in [5.74, 6) is 1.78. The largest absolute Gasteiger partial charge is 0.329 e. The topological polar surface area (TPSA) is 42.7 Å². The summed E-state index contributed by atoms with van der Waals surface area (Å²) < 4.78 is 2.21. The zero-order valence-electron chi connectivity index (χ0n) is 12.0. The maximum absolute atomic E-state index is 4.78. The first kappa shape index (κ1) is 12.6. The third-order valence-electron chi connectivity index (χ3n) is 4.55. The van der Waals surface area contributed by atoms with Gasteiger partial charge in [0, 0.05) is 18.7 Å². The Balaban J connectivity index is 2.04. The van der Waals surface area contributed by atoms with E-state index in [0.717, 1.165) is 30.1 Å². The van der Waals surface area contributed by atoms with Gasteiger partial charge in [-0.25, -0.2) is 9.97 Å². The molecule has 19 heavy (non-hydrogen) atoms. The first-order valence-electron chi connectivity index (χ1n) is 7.09. The first-order valence-corrected chi connectivity index (χ1v) is 7.09. The van der Waals surface area contributed by atoms with Crippen molar-refractivity contribution in [1.82, 2.24) is 19.9 Å². The second-order valence-electron chi connectivity index (χ2n) is 6.11. The minimum Gasteiger partial charge on any atom is -0.329 e. The van der Waals surface area contributed by atoms with Crippen LogP contribution < -0.4 is 5.32 Å². The lowest BCUT2D eigenvalue weighted by Crippen LogP contribution is -2.42. The van der Waals surface area contributed by atoms with Gasteiger partial charge in [-0.1, -0.05) is 13.8 Å². The molecule has 0 radical (unpaired) electrons. The minimum atomic E-state index is 0.0723. The number of piperidine rings is 1. The lowest BCUT2D eigenvalue weighted by Gasteiger charge is -2.36. The summed E-state index contributed by atoms with van der Waals surface area (Å²) in [6.07, 6.45) is 4.35. The number of pyridine rings is 1. The second kappa shape index (κ2) is 4.60. The van der Waals surface area contributed by atoms with E-state index in [2.05, 4.69) is 41.8 Å². The normalized spacial score (nSPS) is 20.9. The molecule has 2 aromatic rings. The van der Waals surface area contributed by atoms with E-state index in [0.29, 0.717) is 5.92 Å². The van der Waals surface area contributed by atoms with Crippen molar-refractivity contribution in [2.24, 2.45) is 13.0 Å². The van der Waals surface area contributed by atoms with Gasteiger partial charge in [-0.15, -0.1) is 0 Å². The Hall–Kier alpha value is -1.42. The predicted molar refractivity (Wildman–Crippen MR) is 77.1 cm³/mol. The second-order valence-corrected chi connectivity index (χ2v) is 6.11. The van der Waals surface area contributed by atoms with Crippen molar-refractivity contribution < 1.29 is 0 Å². The average Bonchev–Trinajstić information content (AvgIpc) is 2.78. The van der Waals surface area contributed by atoms with Crippen LogP contribution >= 0.6 is 0 Å². The van der Waals surface area contributed by atoms with Gasteiger partial charge in [0.25, 0.3) is 0 Å². The van der Waals surface area contributed by atoms with Crippen molar-refractivity contribution >= 4 is 11.2 Å². The highest BCUT2D eigenvalue weighted by Crippen LogP contribution is 2.35. The van der Waals surface area contributed by atoms with Gasteiger partial charge in [-0.05, 0) is 44.0 Å². The Morgan fingerprint density at radius 1 is 1.42 bits per heavy atom. The number of hydrogen-bond acceptors (Lipinski definition) is 3. The summed E-state index contributed by atoms with van der Waals surface area (Å²) in [6.45, 7) is 6.86. The van der Waals surface area contributed by atoms with Crippen LogP contribution in [0.15, 0.2) is 18.3 Å². The van der Waals surface area contributed by atoms with Crippen molar-refractivity contribution in [3.8, 4) is 0 Å². The first-order chi connectivity index (χ1) is 9.10. The minimum absolute atomic E-state index is 0.0723. The maximum Gasteiger partial charge on any atom is 0.177 e. The molecule has 1 fully saturated rings. The molecule has 1 N–H and O–H groups in total. The van der Waals surface area contributed by atoms with Crippen LogP contribution in [0.1, 0.15) is 32.5 Å². The Labute approximate surface area is 114 Å². The number of aromatic nitrogens is 3. The summed E-state index contributed by atoms with van der Waals surface area (Å²) in [7, 11) is 2.10. The van der Waals surface area contributed by atoms with Gasteiger partial charge in [0.1, 0.15) is 5.82 Å². The molecule has 4 heteroatoms. The average molecular weight is 258 g/mol. The number of nitrogens with zero attached hydrogens (tertiary/aromatic N) is 3. The van der Waals surface area contributed by atoms with Crippen LogP contribution in [-0.4, -0.2) is 27.6 Å². The van der Waals surface area contributed by atoms with Crippen LogP contribution in [0.25, 0.3) is 11.2 Å². The molecule has 1 unspecified atom stereocenters. The van der Waals surface area contributed by atoms with Crippen molar-refractivity contribution in [3.63, 3.8) is 0 Å². The van der Waals surface area contributed by atoms with E-state index in [1.54, 1.807) is 0 Å². The third-order valence-corrected chi connectivity index (χ3v) is 4.55. The zero-order chi connectivity index (χ0) is 13.5. The lowest BCUT2D eigenvalue weighted by atomic mass is 9.74. The fraction of sp³-hybridized carbons (Fsp3) is 0.600. The van der Waals surface area contributed by atoms with E-state index < -0.39 is 0 Å². The van der Waals surface area contributed by atoms with E-state index in [4.69, 9.17) is 4.98 Å². The van der Waals surface area contributed by atoms with Gasteiger partial charge in [-0.2, -0.15) is 0 Å².